The van der Waals surface area contributed by atoms with Gasteiger partial charge in [0, 0.05) is 17.7 Å². The zero-order valence-corrected chi connectivity index (χ0v) is 13.1. The predicted octanol–water partition coefficient (Wildman–Crippen LogP) is 1.66. The second kappa shape index (κ2) is 6.03. The van der Waals surface area contributed by atoms with Crippen LogP contribution in [0.1, 0.15) is 36.5 Å². The van der Waals surface area contributed by atoms with Crippen LogP contribution in [-0.2, 0) is 9.59 Å². The number of hydrazine groups is 1. The molecular formula is C16H17N3O5. The van der Waals surface area contributed by atoms with Gasteiger partial charge in [-0.15, -0.1) is 0 Å². The lowest BCUT2D eigenvalue weighted by atomic mass is 9.76. The van der Waals surface area contributed by atoms with Crippen LogP contribution in [0.3, 0.4) is 0 Å². The number of nitro benzene ring substituents is 1. The monoisotopic (exact) mass is 331 g/mol. The first kappa shape index (κ1) is 16.1. The van der Waals surface area contributed by atoms with Crippen molar-refractivity contribution < 1.29 is 19.3 Å². The Kier molecular flexibility index (Phi) is 4.04. The van der Waals surface area contributed by atoms with E-state index in [0.717, 1.165) is 11.4 Å². The van der Waals surface area contributed by atoms with Gasteiger partial charge in [0.05, 0.1) is 16.8 Å². The fraction of sp³-hybridized carbons (Fsp3) is 0.438. The lowest BCUT2D eigenvalue weighted by molar-refractivity contribution is -0.384. The summed E-state index contributed by atoms with van der Waals surface area (Å²) in [6.45, 7) is 2.05. The van der Waals surface area contributed by atoms with Crippen LogP contribution in [-0.4, -0.2) is 27.7 Å². The quantitative estimate of drug-likeness (QED) is 0.514. The molecule has 1 saturated heterocycles. The molecule has 2 aliphatic rings. The Hall–Kier alpha value is -2.77. The Morgan fingerprint density at radius 1 is 1.17 bits per heavy atom. The highest BCUT2D eigenvalue weighted by atomic mass is 16.6. The van der Waals surface area contributed by atoms with Gasteiger partial charge in [0.15, 0.2) is 0 Å². The second-order valence-corrected chi connectivity index (χ2v) is 6.39. The topological polar surface area (TPSA) is 110 Å². The van der Waals surface area contributed by atoms with Crippen LogP contribution in [0.15, 0.2) is 24.3 Å². The number of benzene rings is 1. The molecule has 2 fully saturated rings. The van der Waals surface area contributed by atoms with Crippen LogP contribution in [0.25, 0.3) is 0 Å². The first-order valence-corrected chi connectivity index (χ1v) is 7.81. The Morgan fingerprint density at radius 3 is 2.42 bits per heavy atom. The third-order valence-electron chi connectivity index (χ3n) is 4.74. The number of nitrogens with one attached hydrogen (secondary N) is 1. The number of hydrogen-bond acceptors (Lipinski definition) is 5. The molecule has 1 saturated carbocycles. The summed E-state index contributed by atoms with van der Waals surface area (Å²) in [5.74, 6) is -1.71. The second-order valence-electron chi connectivity index (χ2n) is 6.39. The SMILES string of the molecule is C[C@@H]1CC[C@@H]2C(=O)N(NC(=O)c3ccc([N+](=O)[O-])cc3)C(=O)[C@@H]2C1. The summed E-state index contributed by atoms with van der Waals surface area (Å²) < 4.78 is 0. The van der Waals surface area contributed by atoms with Crippen LogP contribution < -0.4 is 5.43 Å². The molecule has 24 heavy (non-hydrogen) atoms. The number of rotatable bonds is 3. The van der Waals surface area contributed by atoms with Crippen molar-refractivity contribution in [1.82, 2.24) is 10.4 Å². The van der Waals surface area contributed by atoms with E-state index in [2.05, 4.69) is 5.43 Å². The average molecular weight is 331 g/mol. The van der Waals surface area contributed by atoms with Gasteiger partial charge in [-0.1, -0.05) is 6.92 Å². The summed E-state index contributed by atoms with van der Waals surface area (Å²) in [7, 11) is 0. The van der Waals surface area contributed by atoms with Crippen LogP contribution in [0.4, 0.5) is 5.69 Å². The molecule has 3 rings (SSSR count). The highest BCUT2D eigenvalue weighted by Gasteiger charge is 2.50. The zero-order chi connectivity index (χ0) is 17.4. The minimum Gasteiger partial charge on any atom is -0.272 e. The summed E-state index contributed by atoms with van der Waals surface area (Å²) in [5.41, 5.74) is 2.34. The van der Waals surface area contributed by atoms with Gasteiger partial charge in [-0.05, 0) is 37.3 Å². The maximum Gasteiger partial charge on any atom is 0.270 e. The number of nitro groups is 1. The maximum atomic E-state index is 12.4. The Morgan fingerprint density at radius 2 is 1.79 bits per heavy atom. The molecule has 1 aliphatic heterocycles. The van der Waals surface area contributed by atoms with Gasteiger partial charge >= 0.3 is 0 Å². The summed E-state index contributed by atoms with van der Waals surface area (Å²) >= 11 is 0. The Bertz CT molecular complexity index is 715. The minimum atomic E-state index is -0.640. The number of carbonyl (C=O) groups excluding carboxylic acids is 3. The van der Waals surface area contributed by atoms with E-state index in [9.17, 15) is 24.5 Å². The Labute approximate surface area is 137 Å². The van der Waals surface area contributed by atoms with E-state index in [1.54, 1.807) is 0 Å². The molecule has 1 aromatic rings. The van der Waals surface area contributed by atoms with Crippen molar-refractivity contribution in [3.63, 3.8) is 0 Å². The highest BCUT2D eigenvalue weighted by molar-refractivity contribution is 6.07. The third-order valence-corrected chi connectivity index (χ3v) is 4.74. The predicted molar refractivity (Wildman–Crippen MR) is 82.4 cm³/mol. The molecule has 1 N–H and O–H groups in total. The van der Waals surface area contributed by atoms with Gasteiger partial charge in [-0.25, -0.2) is 0 Å². The number of amides is 3. The molecule has 0 radical (unpaired) electrons. The van der Waals surface area contributed by atoms with E-state index in [-0.39, 0.29) is 34.9 Å². The van der Waals surface area contributed by atoms with Crippen LogP contribution in [0.5, 0.6) is 0 Å². The molecule has 8 heteroatoms. The molecule has 1 aliphatic carbocycles. The summed E-state index contributed by atoms with van der Waals surface area (Å²) in [4.78, 5) is 47.0. The number of carbonyl (C=O) groups is 3. The summed E-state index contributed by atoms with van der Waals surface area (Å²) in [6, 6.07) is 4.97. The number of non-ortho nitro benzene ring substituents is 1. The molecule has 0 spiro atoms. The fourth-order valence-corrected chi connectivity index (χ4v) is 3.40. The molecule has 1 aromatic carbocycles. The van der Waals surface area contributed by atoms with Crippen molar-refractivity contribution >= 4 is 23.4 Å². The molecule has 0 unspecified atom stereocenters. The van der Waals surface area contributed by atoms with Gasteiger partial charge in [-0.3, -0.25) is 29.9 Å². The lowest BCUT2D eigenvalue weighted by Gasteiger charge is -2.25. The van der Waals surface area contributed by atoms with Crippen molar-refractivity contribution in [2.45, 2.75) is 26.2 Å². The summed E-state index contributed by atoms with van der Waals surface area (Å²) in [5, 5.41) is 11.4. The van der Waals surface area contributed by atoms with Gasteiger partial charge in [0.1, 0.15) is 0 Å². The van der Waals surface area contributed by atoms with E-state index in [1.165, 1.54) is 24.3 Å². The Balaban J connectivity index is 1.73. The van der Waals surface area contributed by atoms with Gasteiger partial charge in [0.25, 0.3) is 23.4 Å². The molecule has 3 atom stereocenters. The van der Waals surface area contributed by atoms with Crippen molar-refractivity contribution in [3.8, 4) is 0 Å². The van der Waals surface area contributed by atoms with Crippen molar-refractivity contribution in [2.75, 3.05) is 0 Å². The van der Waals surface area contributed by atoms with Crippen molar-refractivity contribution in [3.05, 3.63) is 39.9 Å². The van der Waals surface area contributed by atoms with Crippen LogP contribution in [0.2, 0.25) is 0 Å². The molecule has 8 nitrogen and oxygen atoms in total. The molecular weight excluding hydrogens is 314 g/mol. The normalized spacial score (nSPS) is 26.2. The molecule has 1 heterocycles. The number of fused-ring (bicyclic) bond motifs is 1. The zero-order valence-electron chi connectivity index (χ0n) is 13.1. The fourth-order valence-electron chi connectivity index (χ4n) is 3.40. The minimum absolute atomic E-state index is 0.139. The lowest BCUT2D eigenvalue weighted by Crippen LogP contribution is -2.46. The maximum absolute atomic E-state index is 12.4. The van der Waals surface area contributed by atoms with Gasteiger partial charge in [-0.2, -0.15) is 5.01 Å². The number of hydrogen-bond donors (Lipinski definition) is 1. The molecule has 0 aromatic heterocycles. The summed E-state index contributed by atoms with van der Waals surface area (Å²) in [6.07, 6.45) is 2.20. The van der Waals surface area contributed by atoms with Gasteiger partial charge < -0.3 is 0 Å². The first-order valence-electron chi connectivity index (χ1n) is 7.81. The van der Waals surface area contributed by atoms with E-state index < -0.39 is 10.8 Å². The largest absolute Gasteiger partial charge is 0.272 e. The number of imide groups is 1. The molecule has 3 amide bonds. The molecule has 126 valence electrons. The van der Waals surface area contributed by atoms with Crippen LogP contribution in [0, 0.1) is 27.9 Å². The van der Waals surface area contributed by atoms with E-state index in [4.69, 9.17) is 0 Å². The van der Waals surface area contributed by atoms with Gasteiger partial charge in [0.2, 0.25) is 0 Å². The smallest absolute Gasteiger partial charge is 0.270 e. The van der Waals surface area contributed by atoms with Crippen LogP contribution >= 0.6 is 0 Å². The number of nitrogens with zero attached hydrogens (tertiary/aromatic N) is 2. The molecule has 0 bridgehead atoms. The average Bonchev–Trinajstić information content (AvgIpc) is 2.79. The first-order chi connectivity index (χ1) is 11.4. The van der Waals surface area contributed by atoms with E-state index in [0.29, 0.717) is 18.8 Å². The van der Waals surface area contributed by atoms with E-state index in [1.807, 2.05) is 6.92 Å². The van der Waals surface area contributed by atoms with E-state index >= 15 is 0 Å². The highest BCUT2D eigenvalue weighted by Crippen LogP contribution is 2.39. The van der Waals surface area contributed by atoms with Crippen molar-refractivity contribution in [1.29, 1.82) is 0 Å². The van der Waals surface area contributed by atoms with Crippen molar-refractivity contribution in [2.24, 2.45) is 17.8 Å². The standard InChI is InChI=1S/C16H17N3O5/c1-9-2-7-12-13(8-9)16(22)18(15(12)21)17-14(20)10-3-5-11(6-4-10)19(23)24/h3-6,9,12-13H,2,7-8H2,1H3,(H,17,20)/t9-,12+,13-/m1/s1. The third kappa shape index (κ3) is 2.75.